The first-order valence-electron chi connectivity index (χ1n) is 7.50. The summed E-state index contributed by atoms with van der Waals surface area (Å²) in [4.78, 5) is 0. The molecule has 132 valence electrons. The van der Waals surface area contributed by atoms with E-state index >= 15 is 0 Å². The van der Waals surface area contributed by atoms with Gasteiger partial charge in [0.1, 0.15) is 0 Å². The summed E-state index contributed by atoms with van der Waals surface area (Å²) in [7, 11) is -0.668. The predicted octanol–water partition coefficient (Wildman–Crippen LogP) is 4.33. The molecule has 2 rings (SSSR count). The maximum absolute atomic E-state index is 12.7. The zero-order valence-electron chi connectivity index (χ0n) is 14.0. The molecule has 3 nitrogen and oxygen atoms in total. The largest absolute Gasteiger partial charge is 0.491 e. The summed E-state index contributed by atoms with van der Waals surface area (Å²) in [6, 6.07) is 3.19. The van der Waals surface area contributed by atoms with Crippen LogP contribution < -0.4 is 5.73 Å². The number of hydrogen-bond donors (Lipinski definition) is 1. The molecular formula is C16H20BClF3NO2. The van der Waals surface area contributed by atoms with Gasteiger partial charge in [0, 0.05) is 11.6 Å². The second-order valence-electron chi connectivity index (χ2n) is 6.75. The summed E-state index contributed by atoms with van der Waals surface area (Å²) in [6.45, 7) is 7.77. The summed E-state index contributed by atoms with van der Waals surface area (Å²) < 4.78 is 50.0. The van der Waals surface area contributed by atoms with Crippen molar-refractivity contribution in [2.75, 3.05) is 6.54 Å². The number of hydrogen-bond acceptors (Lipinski definition) is 3. The molecule has 1 aromatic carbocycles. The van der Waals surface area contributed by atoms with Crippen molar-refractivity contribution in [2.45, 2.75) is 45.1 Å². The minimum Gasteiger partial charge on any atom is -0.400 e. The van der Waals surface area contributed by atoms with Gasteiger partial charge < -0.3 is 15.0 Å². The van der Waals surface area contributed by atoms with Crippen molar-refractivity contribution in [1.29, 1.82) is 0 Å². The fourth-order valence-corrected chi connectivity index (χ4v) is 2.47. The Bertz CT molecular complexity index is 643. The molecular weight excluding hydrogens is 341 g/mol. The van der Waals surface area contributed by atoms with Gasteiger partial charge >= 0.3 is 13.3 Å². The Kier molecular flexibility index (Phi) is 5.13. The van der Waals surface area contributed by atoms with E-state index in [4.69, 9.17) is 26.6 Å². The van der Waals surface area contributed by atoms with Gasteiger partial charge in [-0.3, -0.25) is 0 Å². The van der Waals surface area contributed by atoms with Crippen molar-refractivity contribution in [3.8, 4) is 0 Å². The van der Waals surface area contributed by atoms with E-state index in [1.165, 1.54) is 6.07 Å². The molecule has 0 spiro atoms. The van der Waals surface area contributed by atoms with E-state index in [9.17, 15) is 13.2 Å². The Labute approximate surface area is 145 Å². The highest BCUT2D eigenvalue weighted by molar-refractivity contribution is 6.56. The first-order chi connectivity index (χ1) is 10.9. The van der Waals surface area contributed by atoms with Crippen LogP contribution in [-0.4, -0.2) is 24.9 Å². The van der Waals surface area contributed by atoms with Crippen molar-refractivity contribution >= 4 is 24.8 Å². The molecule has 1 aliphatic heterocycles. The van der Waals surface area contributed by atoms with Crippen LogP contribution in [0.25, 0.3) is 6.08 Å². The number of halogens is 4. The van der Waals surface area contributed by atoms with Crippen LogP contribution in [0.15, 0.2) is 23.7 Å². The van der Waals surface area contributed by atoms with Crippen molar-refractivity contribution in [3.63, 3.8) is 0 Å². The molecule has 0 amide bonds. The molecule has 24 heavy (non-hydrogen) atoms. The molecule has 1 aliphatic rings. The van der Waals surface area contributed by atoms with Crippen LogP contribution in [0, 0.1) is 0 Å². The van der Waals surface area contributed by atoms with Gasteiger partial charge in [0.15, 0.2) is 0 Å². The number of nitrogens with two attached hydrogens (primary N) is 1. The third-order valence-corrected chi connectivity index (χ3v) is 4.79. The summed E-state index contributed by atoms with van der Waals surface area (Å²) in [6.07, 6.45) is -2.82. The van der Waals surface area contributed by atoms with Crippen molar-refractivity contribution in [3.05, 3.63) is 39.8 Å². The second-order valence-corrected chi connectivity index (χ2v) is 7.15. The fraction of sp³-hybridized carbons (Fsp3) is 0.500. The van der Waals surface area contributed by atoms with Gasteiger partial charge in [0.05, 0.1) is 16.8 Å². The molecule has 1 aromatic rings. The molecule has 0 radical (unpaired) electrons. The quantitative estimate of drug-likeness (QED) is 0.815. The minimum absolute atomic E-state index is 0.00714. The Hall–Kier alpha value is -1.02. The Morgan fingerprint density at radius 2 is 1.75 bits per heavy atom. The highest BCUT2D eigenvalue weighted by Crippen LogP contribution is 2.39. The van der Waals surface area contributed by atoms with Gasteiger partial charge in [-0.15, -0.1) is 0 Å². The predicted molar refractivity (Wildman–Crippen MR) is 89.6 cm³/mol. The molecule has 1 heterocycles. The van der Waals surface area contributed by atoms with E-state index in [0.29, 0.717) is 11.0 Å². The Balaban J connectivity index is 2.32. The molecule has 1 saturated heterocycles. The van der Waals surface area contributed by atoms with E-state index in [0.717, 1.165) is 12.1 Å². The molecule has 1 fully saturated rings. The smallest absolute Gasteiger partial charge is 0.400 e. The van der Waals surface area contributed by atoms with E-state index in [-0.39, 0.29) is 11.6 Å². The monoisotopic (exact) mass is 361 g/mol. The Morgan fingerprint density at radius 1 is 1.21 bits per heavy atom. The molecule has 2 N–H and O–H groups in total. The molecule has 0 bridgehead atoms. The fourth-order valence-electron chi connectivity index (χ4n) is 2.24. The van der Waals surface area contributed by atoms with E-state index in [1.54, 1.807) is 6.08 Å². The Morgan fingerprint density at radius 3 is 2.17 bits per heavy atom. The van der Waals surface area contributed by atoms with Crippen LogP contribution in [0.3, 0.4) is 0 Å². The number of benzene rings is 1. The van der Waals surface area contributed by atoms with Gasteiger partial charge in [-0.2, -0.15) is 13.2 Å². The lowest BCUT2D eigenvalue weighted by molar-refractivity contribution is -0.137. The second kappa shape index (κ2) is 6.37. The van der Waals surface area contributed by atoms with E-state index in [1.807, 2.05) is 27.7 Å². The summed E-state index contributed by atoms with van der Waals surface area (Å²) in [5, 5.41) is -0.00714. The topological polar surface area (TPSA) is 44.5 Å². The third kappa shape index (κ3) is 3.80. The van der Waals surface area contributed by atoms with Crippen LogP contribution in [0.1, 0.15) is 38.8 Å². The van der Waals surface area contributed by atoms with Gasteiger partial charge in [-0.25, -0.2) is 0 Å². The van der Waals surface area contributed by atoms with E-state index < -0.39 is 30.1 Å². The third-order valence-electron chi connectivity index (χ3n) is 4.46. The van der Waals surface area contributed by atoms with Gasteiger partial charge in [-0.05, 0) is 50.9 Å². The zero-order valence-corrected chi connectivity index (χ0v) is 14.8. The van der Waals surface area contributed by atoms with Crippen molar-refractivity contribution in [1.82, 2.24) is 0 Å². The van der Waals surface area contributed by atoms with Gasteiger partial charge in [0.25, 0.3) is 0 Å². The minimum atomic E-state index is -4.44. The molecule has 0 aromatic heterocycles. The first-order valence-corrected chi connectivity index (χ1v) is 7.88. The maximum Gasteiger partial charge on any atom is 0.491 e. The van der Waals surface area contributed by atoms with Crippen molar-refractivity contribution < 1.29 is 22.5 Å². The lowest BCUT2D eigenvalue weighted by atomic mass is 9.77. The zero-order chi connectivity index (χ0) is 18.3. The summed E-state index contributed by atoms with van der Waals surface area (Å²) in [5.41, 5.74) is 4.95. The average molecular weight is 362 g/mol. The van der Waals surface area contributed by atoms with Crippen LogP contribution in [0.4, 0.5) is 13.2 Å². The summed E-state index contributed by atoms with van der Waals surface area (Å²) in [5.74, 6) is 0. The normalized spacial score (nSPS) is 20.5. The van der Waals surface area contributed by atoms with Crippen LogP contribution in [0.2, 0.25) is 5.02 Å². The lowest BCUT2D eigenvalue weighted by Crippen LogP contribution is -2.41. The molecule has 0 unspecified atom stereocenters. The van der Waals surface area contributed by atoms with E-state index in [2.05, 4.69) is 0 Å². The van der Waals surface area contributed by atoms with Crippen LogP contribution in [-0.2, 0) is 15.5 Å². The summed E-state index contributed by atoms with van der Waals surface area (Å²) >= 11 is 5.99. The molecule has 8 heteroatoms. The number of alkyl halides is 3. The standard InChI is InChI=1S/C16H20BClF3NO2/c1-14(2)15(3,4)24-17(23-14)12(9-22)7-10-5-6-11(8-13(10)18)16(19,20)21/h5-8H,9,22H2,1-4H3. The molecule has 0 aliphatic carbocycles. The molecule has 0 atom stereocenters. The highest BCUT2D eigenvalue weighted by Gasteiger charge is 2.52. The first kappa shape index (κ1) is 19.3. The highest BCUT2D eigenvalue weighted by atomic mass is 35.5. The van der Waals surface area contributed by atoms with Gasteiger partial charge in [0.2, 0.25) is 0 Å². The van der Waals surface area contributed by atoms with Crippen molar-refractivity contribution in [2.24, 2.45) is 5.73 Å². The van der Waals surface area contributed by atoms with Crippen LogP contribution in [0.5, 0.6) is 0 Å². The SMILES string of the molecule is CC1(C)OB(C(=Cc2ccc(C(F)(F)F)cc2Cl)CN)OC1(C)C. The molecule has 0 saturated carbocycles. The lowest BCUT2D eigenvalue weighted by Gasteiger charge is -2.32. The average Bonchev–Trinajstić information content (AvgIpc) is 2.64. The van der Waals surface area contributed by atoms with Crippen LogP contribution >= 0.6 is 11.6 Å². The maximum atomic E-state index is 12.7. The number of rotatable bonds is 3. The van der Waals surface area contributed by atoms with Gasteiger partial charge in [-0.1, -0.05) is 23.7 Å².